The first-order valence-electron chi connectivity index (χ1n) is 5.74. The molecule has 1 aromatic carbocycles. The summed E-state index contributed by atoms with van der Waals surface area (Å²) in [5, 5.41) is 4.61. The fraction of sp³-hybridized carbons (Fsp3) is 0.214. The highest BCUT2D eigenvalue weighted by Crippen LogP contribution is 2.22. The van der Waals surface area contributed by atoms with Crippen LogP contribution in [0.1, 0.15) is 24.1 Å². The summed E-state index contributed by atoms with van der Waals surface area (Å²) >= 11 is 11.9. The molecule has 94 valence electrons. The van der Waals surface area contributed by atoms with Crippen LogP contribution in [0.3, 0.4) is 0 Å². The van der Waals surface area contributed by atoms with Crippen molar-refractivity contribution in [2.75, 3.05) is 0 Å². The van der Waals surface area contributed by atoms with Crippen molar-refractivity contribution in [3.8, 4) is 0 Å². The Bertz CT molecular complexity index is 514. The van der Waals surface area contributed by atoms with E-state index in [0.717, 1.165) is 12.1 Å². The Morgan fingerprint density at radius 2 is 1.83 bits per heavy atom. The molecule has 0 saturated heterocycles. The van der Waals surface area contributed by atoms with E-state index in [0.29, 0.717) is 10.0 Å². The molecule has 0 bridgehead atoms. The van der Waals surface area contributed by atoms with E-state index in [2.05, 4.69) is 17.2 Å². The molecule has 1 aromatic heterocycles. The third-order valence-electron chi connectivity index (χ3n) is 2.80. The van der Waals surface area contributed by atoms with Gasteiger partial charge in [-0.15, -0.1) is 0 Å². The van der Waals surface area contributed by atoms with E-state index in [1.54, 1.807) is 12.4 Å². The zero-order valence-electron chi connectivity index (χ0n) is 10.0. The molecule has 18 heavy (non-hydrogen) atoms. The van der Waals surface area contributed by atoms with Crippen LogP contribution in [0.4, 0.5) is 0 Å². The van der Waals surface area contributed by atoms with Gasteiger partial charge in [0.15, 0.2) is 0 Å². The fourth-order valence-corrected chi connectivity index (χ4v) is 2.01. The molecule has 1 atom stereocenters. The molecule has 0 spiro atoms. The van der Waals surface area contributed by atoms with Gasteiger partial charge in [-0.05, 0) is 42.3 Å². The fourth-order valence-electron chi connectivity index (χ4n) is 1.69. The minimum Gasteiger partial charge on any atom is -0.306 e. The molecule has 2 rings (SSSR count). The maximum Gasteiger partial charge on any atom is 0.0595 e. The van der Waals surface area contributed by atoms with Gasteiger partial charge in [-0.1, -0.05) is 29.3 Å². The molecule has 2 aromatic rings. The summed E-state index contributed by atoms with van der Waals surface area (Å²) < 4.78 is 0. The summed E-state index contributed by atoms with van der Waals surface area (Å²) in [6, 6.07) is 9.95. The smallest absolute Gasteiger partial charge is 0.0595 e. The van der Waals surface area contributed by atoms with Crippen LogP contribution >= 0.6 is 23.2 Å². The highest BCUT2D eigenvalue weighted by Gasteiger charge is 2.05. The predicted molar refractivity (Wildman–Crippen MR) is 76.0 cm³/mol. The van der Waals surface area contributed by atoms with Crippen molar-refractivity contribution in [1.29, 1.82) is 0 Å². The maximum absolute atomic E-state index is 5.98. The second-order valence-corrected chi connectivity index (χ2v) is 4.95. The van der Waals surface area contributed by atoms with Gasteiger partial charge in [0.1, 0.15) is 0 Å². The summed E-state index contributed by atoms with van der Waals surface area (Å²) in [5.74, 6) is 0. The van der Waals surface area contributed by atoms with Gasteiger partial charge < -0.3 is 5.32 Å². The molecule has 1 heterocycles. The molecule has 0 radical (unpaired) electrons. The SMILES string of the molecule is C[C@@H](NCc1ccc(Cl)c(Cl)c1)c1ccncc1. The van der Waals surface area contributed by atoms with Crippen molar-refractivity contribution >= 4 is 23.2 Å². The van der Waals surface area contributed by atoms with Crippen LogP contribution in [0.15, 0.2) is 42.7 Å². The number of halogens is 2. The van der Waals surface area contributed by atoms with Crippen LogP contribution in [-0.2, 0) is 6.54 Å². The number of hydrogen-bond donors (Lipinski definition) is 1. The Hall–Kier alpha value is -1.09. The quantitative estimate of drug-likeness (QED) is 0.906. The van der Waals surface area contributed by atoms with Crippen LogP contribution in [0.2, 0.25) is 10.0 Å². The molecule has 1 N–H and O–H groups in total. The van der Waals surface area contributed by atoms with Crippen molar-refractivity contribution in [3.63, 3.8) is 0 Å². The highest BCUT2D eigenvalue weighted by molar-refractivity contribution is 6.42. The number of benzene rings is 1. The van der Waals surface area contributed by atoms with Crippen LogP contribution in [0.5, 0.6) is 0 Å². The minimum atomic E-state index is 0.266. The van der Waals surface area contributed by atoms with Gasteiger partial charge in [-0.25, -0.2) is 0 Å². The van der Waals surface area contributed by atoms with Crippen molar-refractivity contribution in [1.82, 2.24) is 10.3 Å². The lowest BCUT2D eigenvalue weighted by atomic mass is 10.1. The monoisotopic (exact) mass is 280 g/mol. The van der Waals surface area contributed by atoms with Gasteiger partial charge in [0.05, 0.1) is 10.0 Å². The second-order valence-electron chi connectivity index (χ2n) is 4.13. The average Bonchev–Trinajstić information content (AvgIpc) is 2.41. The molecular weight excluding hydrogens is 267 g/mol. The molecule has 2 nitrogen and oxygen atoms in total. The third-order valence-corrected chi connectivity index (χ3v) is 3.54. The van der Waals surface area contributed by atoms with Gasteiger partial charge in [0.25, 0.3) is 0 Å². The van der Waals surface area contributed by atoms with Gasteiger partial charge in [0.2, 0.25) is 0 Å². The van der Waals surface area contributed by atoms with Crippen molar-refractivity contribution in [2.24, 2.45) is 0 Å². The number of nitrogens with zero attached hydrogens (tertiary/aromatic N) is 1. The lowest BCUT2D eigenvalue weighted by Crippen LogP contribution is -2.18. The molecule has 0 fully saturated rings. The topological polar surface area (TPSA) is 24.9 Å². The first kappa shape index (κ1) is 13.3. The van der Waals surface area contributed by atoms with Gasteiger partial charge in [-0.2, -0.15) is 0 Å². The standard InChI is InChI=1S/C14H14Cl2N2/c1-10(12-4-6-17-7-5-12)18-9-11-2-3-13(15)14(16)8-11/h2-8,10,18H,9H2,1H3/t10-/m1/s1. The Morgan fingerprint density at radius 3 is 2.50 bits per heavy atom. The zero-order valence-corrected chi connectivity index (χ0v) is 11.5. The molecule has 0 saturated carbocycles. The summed E-state index contributed by atoms with van der Waals surface area (Å²) in [7, 11) is 0. The van der Waals surface area contributed by atoms with Crippen molar-refractivity contribution in [3.05, 3.63) is 63.9 Å². The lowest BCUT2D eigenvalue weighted by molar-refractivity contribution is 0.574. The van der Waals surface area contributed by atoms with E-state index in [1.807, 2.05) is 30.3 Å². The second kappa shape index (κ2) is 6.19. The lowest BCUT2D eigenvalue weighted by Gasteiger charge is -2.14. The third kappa shape index (κ3) is 3.45. The number of rotatable bonds is 4. The molecule has 0 aliphatic rings. The van der Waals surface area contributed by atoms with E-state index >= 15 is 0 Å². The van der Waals surface area contributed by atoms with Crippen LogP contribution in [0.25, 0.3) is 0 Å². The Morgan fingerprint density at radius 1 is 1.11 bits per heavy atom. The van der Waals surface area contributed by atoms with E-state index in [-0.39, 0.29) is 6.04 Å². The molecule has 4 heteroatoms. The Labute approximate surface area is 117 Å². The van der Waals surface area contributed by atoms with E-state index in [1.165, 1.54) is 5.56 Å². The summed E-state index contributed by atoms with van der Waals surface area (Å²) in [5.41, 5.74) is 2.33. The first-order chi connectivity index (χ1) is 8.66. The van der Waals surface area contributed by atoms with Crippen LogP contribution in [0, 0.1) is 0 Å². The normalized spacial score (nSPS) is 12.4. The minimum absolute atomic E-state index is 0.266. The van der Waals surface area contributed by atoms with Crippen molar-refractivity contribution in [2.45, 2.75) is 19.5 Å². The highest BCUT2D eigenvalue weighted by atomic mass is 35.5. The van der Waals surface area contributed by atoms with Crippen LogP contribution in [-0.4, -0.2) is 4.98 Å². The predicted octanol–water partition coefficient (Wildman–Crippen LogP) is 4.24. The Kier molecular flexibility index (Phi) is 4.59. The van der Waals surface area contributed by atoms with Gasteiger partial charge >= 0.3 is 0 Å². The number of nitrogens with one attached hydrogen (secondary N) is 1. The Balaban J connectivity index is 1.97. The maximum atomic E-state index is 5.98. The average molecular weight is 281 g/mol. The molecule has 0 amide bonds. The molecule has 0 unspecified atom stereocenters. The number of aromatic nitrogens is 1. The van der Waals surface area contributed by atoms with E-state index < -0.39 is 0 Å². The first-order valence-corrected chi connectivity index (χ1v) is 6.49. The van der Waals surface area contributed by atoms with Crippen LogP contribution < -0.4 is 5.32 Å². The van der Waals surface area contributed by atoms with Crippen molar-refractivity contribution < 1.29 is 0 Å². The molecule has 0 aliphatic carbocycles. The largest absolute Gasteiger partial charge is 0.306 e. The van der Waals surface area contributed by atoms with Gasteiger partial charge in [0, 0.05) is 25.0 Å². The number of hydrogen-bond acceptors (Lipinski definition) is 2. The van der Waals surface area contributed by atoms with E-state index in [9.17, 15) is 0 Å². The summed E-state index contributed by atoms with van der Waals surface area (Å²) in [6.07, 6.45) is 3.60. The zero-order chi connectivity index (χ0) is 13.0. The molecular formula is C14H14Cl2N2. The van der Waals surface area contributed by atoms with E-state index in [4.69, 9.17) is 23.2 Å². The summed E-state index contributed by atoms with van der Waals surface area (Å²) in [4.78, 5) is 4.01. The summed E-state index contributed by atoms with van der Waals surface area (Å²) in [6.45, 7) is 2.87. The number of pyridine rings is 1. The van der Waals surface area contributed by atoms with Gasteiger partial charge in [-0.3, -0.25) is 4.98 Å². The molecule has 0 aliphatic heterocycles.